The van der Waals surface area contributed by atoms with Gasteiger partial charge >= 0.3 is 11.9 Å². The Balaban J connectivity index is 2.13. The Morgan fingerprint density at radius 3 is 2.78 bits per heavy atom. The van der Waals surface area contributed by atoms with Crippen molar-refractivity contribution in [1.29, 1.82) is 0 Å². The molecule has 6 nitrogen and oxygen atoms in total. The van der Waals surface area contributed by atoms with Crippen LogP contribution in [0.5, 0.6) is 0 Å². The van der Waals surface area contributed by atoms with Crippen LogP contribution < -0.4 is 0 Å². The van der Waals surface area contributed by atoms with Crippen molar-refractivity contribution in [3.63, 3.8) is 0 Å². The normalized spacial score (nSPS) is 12.1. The van der Waals surface area contributed by atoms with Gasteiger partial charge in [0.25, 0.3) is 0 Å². The van der Waals surface area contributed by atoms with Crippen LogP contribution in [0.2, 0.25) is 5.02 Å². The maximum atomic E-state index is 11.9. The lowest BCUT2D eigenvalue weighted by molar-refractivity contribution is -0.163. The molecule has 0 N–H and O–H groups in total. The number of hydrogen-bond donors (Lipinski definition) is 0. The third kappa shape index (κ3) is 4.69. The van der Waals surface area contributed by atoms with Crippen LogP contribution in [0.3, 0.4) is 0 Å². The molecule has 0 radical (unpaired) electrons. The molecule has 0 amide bonds. The van der Waals surface area contributed by atoms with Crippen LogP contribution in [-0.4, -0.2) is 28.8 Å². The van der Waals surface area contributed by atoms with Crippen LogP contribution >= 0.6 is 11.6 Å². The van der Waals surface area contributed by atoms with Crippen LogP contribution in [0.25, 0.3) is 6.08 Å². The van der Waals surface area contributed by atoms with Crippen LogP contribution in [0.15, 0.2) is 42.7 Å². The molecule has 23 heavy (non-hydrogen) atoms. The van der Waals surface area contributed by atoms with E-state index >= 15 is 0 Å². The van der Waals surface area contributed by atoms with E-state index in [4.69, 9.17) is 16.3 Å². The molecule has 2 rings (SSSR count). The van der Waals surface area contributed by atoms with Gasteiger partial charge < -0.3 is 9.47 Å². The van der Waals surface area contributed by atoms with Crippen LogP contribution in [0.4, 0.5) is 0 Å². The van der Waals surface area contributed by atoms with Crippen molar-refractivity contribution in [3.8, 4) is 0 Å². The molecule has 0 saturated heterocycles. The minimum Gasteiger partial charge on any atom is -0.466 e. The number of carbonyl (C=O) groups is 2. The maximum absolute atomic E-state index is 11.9. The Morgan fingerprint density at radius 2 is 2.17 bits per heavy atom. The molecule has 7 heteroatoms. The minimum absolute atomic E-state index is 0.429. The zero-order chi connectivity index (χ0) is 16.8. The lowest BCUT2D eigenvalue weighted by Gasteiger charge is -2.15. The molecule has 120 valence electrons. The monoisotopic (exact) mass is 334 g/mol. The van der Waals surface area contributed by atoms with Crippen molar-refractivity contribution in [2.24, 2.45) is 7.05 Å². The van der Waals surface area contributed by atoms with Crippen molar-refractivity contribution >= 4 is 29.6 Å². The van der Waals surface area contributed by atoms with E-state index in [0.717, 1.165) is 5.56 Å². The molecule has 1 aromatic carbocycles. The number of halogens is 1. The summed E-state index contributed by atoms with van der Waals surface area (Å²) in [6, 6.07) is 6.49. The molecule has 2 aromatic rings. The molecular weight excluding hydrogens is 320 g/mol. The number of ether oxygens (including phenoxy) is 2. The van der Waals surface area contributed by atoms with Crippen molar-refractivity contribution < 1.29 is 19.1 Å². The average molecular weight is 335 g/mol. The van der Waals surface area contributed by atoms with E-state index in [0.29, 0.717) is 10.6 Å². The summed E-state index contributed by atoms with van der Waals surface area (Å²) in [6.45, 7) is 0. The third-order valence-corrected chi connectivity index (χ3v) is 3.17. The van der Waals surface area contributed by atoms with E-state index in [1.807, 2.05) is 0 Å². The summed E-state index contributed by atoms with van der Waals surface area (Å²) in [7, 11) is 2.99. The van der Waals surface area contributed by atoms with Gasteiger partial charge in [-0.25, -0.2) is 9.59 Å². The van der Waals surface area contributed by atoms with Crippen LogP contribution in [-0.2, 0) is 26.1 Å². The molecule has 1 atom stereocenters. The van der Waals surface area contributed by atoms with Gasteiger partial charge in [-0.3, -0.25) is 4.68 Å². The quantitative estimate of drug-likeness (QED) is 0.620. The fourth-order valence-corrected chi connectivity index (χ4v) is 2.07. The molecule has 1 heterocycles. The third-order valence-electron chi connectivity index (χ3n) is 2.94. The summed E-state index contributed by atoms with van der Waals surface area (Å²) in [4.78, 5) is 23.8. The molecule has 0 aliphatic rings. The van der Waals surface area contributed by atoms with Crippen molar-refractivity contribution in [2.45, 2.75) is 6.10 Å². The number of benzene rings is 1. The van der Waals surface area contributed by atoms with Gasteiger partial charge in [-0.1, -0.05) is 23.7 Å². The second-order valence-electron chi connectivity index (χ2n) is 4.68. The number of aryl methyl sites for hydroxylation is 1. The highest BCUT2D eigenvalue weighted by Crippen LogP contribution is 2.22. The molecule has 0 fully saturated rings. The highest BCUT2D eigenvalue weighted by molar-refractivity contribution is 6.30. The predicted octanol–water partition coefficient (Wildman–Crippen LogP) is 2.54. The predicted molar refractivity (Wildman–Crippen MR) is 84.5 cm³/mol. The number of aromatic nitrogens is 2. The highest BCUT2D eigenvalue weighted by atomic mass is 35.5. The standard InChI is InChI=1S/C16H15ClN2O4/c1-19-10-11(9-18-19)6-7-14(20)23-15(16(21)22-2)12-4-3-5-13(17)8-12/h3-10,15H,1-2H3/b7-6-/t15-/m0/s1. The second kappa shape index (κ2) is 7.60. The molecule has 0 spiro atoms. The number of nitrogens with zero attached hydrogens (tertiary/aromatic N) is 2. The Kier molecular flexibility index (Phi) is 5.54. The first-order valence-corrected chi connectivity index (χ1v) is 7.08. The van der Waals surface area contributed by atoms with E-state index in [1.54, 1.807) is 54.5 Å². The summed E-state index contributed by atoms with van der Waals surface area (Å²) < 4.78 is 11.5. The zero-order valence-electron chi connectivity index (χ0n) is 12.6. The van der Waals surface area contributed by atoms with Crippen LogP contribution in [0.1, 0.15) is 17.2 Å². The Hall–Kier alpha value is -2.60. The van der Waals surface area contributed by atoms with Gasteiger partial charge in [-0.05, 0) is 18.2 Å². The Labute approximate surface area is 138 Å². The smallest absolute Gasteiger partial charge is 0.351 e. The maximum Gasteiger partial charge on any atom is 0.351 e. The van der Waals surface area contributed by atoms with Crippen LogP contribution in [0, 0.1) is 0 Å². The lowest BCUT2D eigenvalue weighted by Crippen LogP contribution is -2.20. The SMILES string of the molecule is COC(=O)[C@@H](OC(=O)/C=C\c1cnn(C)c1)c1cccc(Cl)c1. The van der Waals surface area contributed by atoms with Gasteiger partial charge in [-0.2, -0.15) is 5.10 Å². The Bertz CT molecular complexity index is 739. The molecule has 0 aliphatic carbocycles. The molecule has 0 unspecified atom stereocenters. The summed E-state index contributed by atoms with van der Waals surface area (Å²) in [5, 5.41) is 4.41. The fraction of sp³-hybridized carbons (Fsp3) is 0.188. The summed E-state index contributed by atoms with van der Waals surface area (Å²) in [5.41, 5.74) is 1.18. The van der Waals surface area contributed by atoms with Gasteiger partial charge in [0.05, 0.1) is 13.3 Å². The van der Waals surface area contributed by atoms with Gasteiger partial charge in [0.1, 0.15) is 0 Å². The van der Waals surface area contributed by atoms with E-state index in [1.165, 1.54) is 13.2 Å². The number of methoxy groups -OCH3 is 1. The number of rotatable bonds is 5. The van der Waals surface area contributed by atoms with Gasteiger partial charge in [0, 0.05) is 35.5 Å². The van der Waals surface area contributed by atoms with E-state index in [-0.39, 0.29) is 0 Å². The summed E-state index contributed by atoms with van der Waals surface area (Å²) >= 11 is 5.90. The topological polar surface area (TPSA) is 70.4 Å². The van der Waals surface area contributed by atoms with Gasteiger partial charge in [0.15, 0.2) is 0 Å². The summed E-state index contributed by atoms with van der Waals surface area (Å²) in [6.07, 6.45) is 4.92. The van der Waals surface area contributed by atoms with E-state index < -0.39 is 18.0 Å². The molecular formula is C16H15ClN2O4. The number of hydrogen-bond acceptors (Lipinski definition) is 5. The highest BCUT2D eigenvalue weighted by Gasteiger charge is 2.25. The minimum atomic E-state index is -1.18. The van der Waals surface area contributed by atoms with Gasteiger partial charge in [0.2, 0.25) is 6.10 Å². The van der Waals surface area contributed by atoms with E-state index in [2.05, 4.69) is 9.84 Å². The second-order valence-corrected chi connectivity index (χ2v) is 5.11. The van der Waals surface area contributed by atoms with Crippen molar-refractivity contribution in [3.05, 3.63) is 58.9 Å². The van der Waals surface area contributed by atoms with E-state index in [9.17, 15) is 9.59 Å². The largest absolute Gasteiger partial charge is 0.466 e. The Morgan fingerprint density at radius 1 is 1.39 bits per heavy atom. The molecule has 1 aromatic heterocycles. The van der Waals surface area contributed by atoms with Crippen molar-refractivity contribution in [1.82, 2.24) is 9.78 Å². The fourth-order valence-electron chi connectivity index (χ4n) is 1.87. The first kappa shape index (κ1) is 16.8. The number of carbonyl (C=O) groups excluding carboxylic acids is 2. The van der Waals surface area contributed by atoms with Gasteiger partial charge in [-0.15, -0.1) is 0 Å². The number of esters is 2. The zero-order valence-corrected chi connectivity index (χ0v) is 13.4. The molecule has 0 saturated carbocycles. The first-order chi connectivity index (χ1) is 11.0. The molecule has 0 aliphatic heterocycles. The average Bonchev–Trinajstić information content (AvgIpc) is 2.95. The molecule has 0 bridgehead atoms. The lowest BCUT2D eigenvalue weighted by atomic mass is 10.1. The van der Waals surface area contributed by atoms with Crippen molar-refractivity contribution in [2.75, 3.05) is 7.11 Å². The first-order valence-electron chi connectivity index (χ1n) is 6.70. The summed E-state index contributed by atoms with van der Waals surface area (Å²) in [5.74, 6) is -1.36.